The molecule has 1 atom stereocenters. The molecule has 0 bridgehead atoms. The zero-order chi connectivity index (χ0) is 24.9. The number of anilines is 1. The molecule has 4 N–H and O–H groups in total. The number of nitrogens with one attached hydrogen (secondary N) is 2. The summed E-state index contributed by atoms with van der Waals surface area (Å²) in [5.74, 6) is 0.0767. The Labute approximate surface area is 200 Å². The molecule has 172 valence electrons. The molecular weight excluding hydrogens is 460 g/mol. The Morgan fingerprint density at radius 2 is 1.50 bits per heavy atom. The molecule has 3 aromatic rings. The van der Waals surface area contributed by atoms with E-state index in [0.29, 0.717) is 39.0 Å². The van der Waals surface area contributed by atoms with Crippen LogP contribution in [-0.2, 0) is 0 Å². The molecule has 36 heavy (non-hydrogen) atoms. The van der Waals surface area contributed by atoms with Crippen molar-refractivity contribution in [3.63, 3.8) is 0 Å². The van der Waals surface area contributed by atoms with Gasteiger partial charge in [-0.05, 0) is 30.3 Å². The Kier molecular flexibility index (Phi) is 3.79. The fraction of sp³-hybridized carbons (Fsp3) is 0.0357. The second-order valence-electron chi connectivity index (χ2n) is 8.95. The summed E-state index contributed by atoms with van der Waals surface area (Å²) in [6.07, 6.45) is 3.41. The van der Waals surface area contributed by atoms with E-state index in [9.17, 15) is 29.4 Å². The average molecular weight is 475 g/mol. The molecular formula is C28H15N2O6+. The maximum atomic E-state index is 13.4. The van der Waals surface area contributed by atoms with E-state index < -0.39 is 33.0 Å². The van der Waals surface area contributed by atoms with Crippen molar-refractivity contribution < 1.29 is 15.2 Å². The zero-order valence-electron chi connectivity index (χ0n) is 18.4. The van der Waals surface area contributed by atoms with Crippen molar-refractivity contribution in [3.8, 4) is 11.5 Å². The normalized spacial score (nSPS) is 15.9. The summed E-state index contributed by atoms with van der Waals surface area (Å²) >= 11 is 0. The highest BCUT2D eigenvalue weighted by Crippen LogP contribution is 2.46. The van der Waals surface area contributed by atoms with Gasteiger partial charge in [0.1, 0.15) is 28.6 Å². The van der Waals surface area contributed by atoms with E-state index in [-0.39, 0.29) is 27.5 Å². The Balaban J connectivity index is 1.55. The predicted octanol–water partition coefficient (Wildman–Crippen LogP) is 0.792. The van der Waals surface area contributed by atoms with Crippen molar-refractivity contribution in [2.45, 2.75) is 6.04 Å². The number of hydrogen-bond donors (Lipinski definition) is 4. The number of aromatic hydroxyl groups is 2. The van der Waals surface area contributed by atoms with E-state index in [0.717, 1.165) is 6.07 Å². The highest BCUT2D eigenvalue weighted by molar-refractivity contribution is 6.11. The maximum Gasteiger partial charge on any atom is 0.239 e. The topological polar surface area (TPSA) is 135 Å². The van der Waals surface area contributed by atoms with Gasteiger partial charge in [-0.15, -0.1) is 0 Å². The molecule has 0 radical (unpaired) electrons. The molecule has 0 aromatic heterocycles. The molecule has 3 aromatic carbocycles. The van der Waals surface area contributed by atoms with Gasteiger partial charge in [0.25, 0.3) is 0 Å². The Morgan fingerprint density at radius 1 is 0.750 bits per heavy atom. The van der Waals surface area contributed by atoms with Gasteiger partial charge in [-0.1, -0.05) is 24.3 Å². The van der Waals surface area contributed by atoms with E-state index in [2.05, 4.69) is 10.3 Å². The third kappa shape index (κ3) is 2.39. The predicted molar refractivity (Wildman–Crippen MR) is 135 cm³/mol. The van der Waals surface area contributed by atoms with Crippen LogP contribution in [0.25, 0.3) is 27.6 Å². The monoisotopic (exact) mass is 475 g/mol. The first-order valence-electron chi connectivity index (χ1n) is 11.2. The minimum Gasteiger partial charge on any atom is -0.507 e. The number of benzene rings is 3. The number of fused-ring (bicyclic) bond motifs is 7. The molecule has 0 spiro atoms. The van der Waals surface area contributed by atoms with Gasteiger partial charge in [-0.25, -0.2) is 4.99 Å². The SMILES string of the molecule is O=c1ccc2c(=O)c3c4c(ccc3c(=O)c=2c1=O)NC1C(=[NH+]4)C=Cc2c1c(O)c1ccccc1c2O. The summed E-state index contributed by atoms with van der Waals surface area (Å²) < 4.78 is 0. The lowest BCUT2D eigenvalue weighted by Crippen LogP contribution is -2.70. The minimum atomic E-state index is -0.982. The van der Waals surface area contributed by atoms with Crippen LogP contribution in [0, 0.1) is 10.4 Å². The lowest BCUT2D eigenvalue weighted by atomic mass is 9.85. The van der Waals surface area contributed by atoms with Crippen molar-refractivity contribution >= 4 is 44.7 Å². The van der Waals surface area contributed by atoms with E-state index in [4.69, 9.17) is 0 Å². The van der Waals surface area contributed by atoms with Crippen molar-refractivity contribution in [2.24, 2.45) is 0 Å². The molecule has 0 saturated heterocycles. The van der Waals surface area contributed by atoms with Crippen LogP contribution in [0.3, 0.4) is 0 Å². The summed E-state index contributed by atoms with van der Waals surface area (Å²) in [6.45, 7) is 0. The van der Waals surface area contributed by atoms with Gasteiger partial charge in [-0.3, -0.25) is 19.2 Å². The third-order valence-corrected chi connectivity index (χ3v) is 7.11. The molecule has 3 aliphatic carbocycles. The van der Waals surface area contributed by atoms with Crippen LogP contribution in [-0.4, -0.2) is 15.9 Å². The molecule has 1 unspecified atom stereocenters. The number of rotatable bonds is 0. The second kappa shape index (κ2) is 6.73. The number of hydrogen-bond acceptors (Lipinski definition) is 7. The molecule has 8 heteroatoms. The average Bonchev–Trinajstić information content (AvgIpc) is 2.89. The summed E-state index contributed by atoms with van der Waals surface area (Å²) in [7, 11) is 0. The Morgan fingerprint density at radius 3 is 2.28 bits per heavy atom. The van der Waals surface area contributed by atoms with Crippen LogP contribution in [0.4, 0.5) is 11.4 Å². The van der Waals surface area contributed by atoms with Crippen molar-refractivity contribution in [2.75, 3.05) is 5.32 Å². The van der Waals surface area contributed by atoms with Gasteiger partial charge in [-0.2, -0.15) is 0 Å². The van der Waals surface area contributed by atoms with Gasteiger partial charge in [0, 0.05) is 38.6 Å². The molecule has 0 fully saturated rings. The second-order valence-corrected chi connectivity index (χ2v) is 8.95. The van der Waals surface area contributed by atoms with Gasteiger partial charge in [0.2, 0.25) is 27.7 Å². The minimum absolute atomic E-state index is 0.0255. The molecule has 0 saturated carbocycles. The summed E-state index contributed by atoms with van der Waals surface area (Å²) in [4.78, 5) is 54.0. The van der Waals surface area contributed by atoms with E-state index in [1.54, 1.807) is 42.5 Å². The highest BCUT2D eigenvalue weighted by Gasteiger charge is 2.37. The van der Waals surface area contributed by atoms with E-state index >= 15 is 0 Å². The molecule has 7 rings (SSSR count). The molecule has 4 aliphatic rings. The lowest BCUT2D eigenvalue weighted by Gasteiger charge is -2.27. The van der Waals surface area contributed by atoms with Gasteiger partial charge in [0.15, 0.2) is 5.43 Å². The lowest BCUT2D eigenvalue weighted by molar-refractivity contribution is -0.353. The number of phenols is 2. The van der Waals surface area contributed by atoms with Crippen LogP contribution in [0.1, 0.15) is 17.2 Å². The Hall–Kier alpha value is -5.11. The first kappa shape index (κ1) is 20.3. The first-order chi connectivity index (χ1) is 17.4. The van der Waals surface area contributed by atoms with Crippen LogP contribution >= 0.6 is 0 Å². The molecule has 8 nitrogen and oxygen atoms in total. The molecule has 1 heterocycles. The van der Waals surface area contributed by atoms with Gasteiger partial charge >= 0.3 is 0 Å². The largest absolute Gasteiger partial charge is 0.507 e. The summed E-state index contributed by atoms with van der Waals surface area (Å²) in [5, 5.41) is 26.1. The number of phenolic OH excluding ortho intramolecular Hbond substituents is 2. The van der Waals surface area contributed by atoms with E-state index in [1.165, 1.54) is 12.1 Å². The fourth-order valence-corrected chi connectivity index (χ4v) is 5.42. The Bertz CT molecular complexity index is 2190. The fourth-order valence-electron chi connectivity index (χ4n) is 5.42. The standard InChI is InChI=1S/C28H14N2O6/c31-18-10-7-15-21(28(18)36)27(35)14-6-9-17-23(20(14)26(15)34)30-16-8-5-13-19(22(16)29-17)25(33)12-4-2-1-3-11(12)24(13)32/h1-10,22,29,32-33H/p+1. The van der Waals surface area contributed by atoms with Gasteiger partial charge in [0.05, 0.1) is 5.22 Å². The molecule has 1 aliphatic heterocycles. The summed E-state index contributed by atoms with van der Waals surface area (Å²) in [5.41, 5.74) is -0.606. The van der Waals surface area contributed by atoms with Crippen molar-refractivity contribution in [1.29, 1.82) is 0 Å². The van der Waals surface area contributed by atoms with Crippen molar-refractivity contribution in [3.05, 3.63) is 117 Å². The third-order valence-electron chi connectivity index (χ3n) is 7.11. The molecule has 0 amide bonds. The smallest absolute Gasteiger partial charge is 0.239 e. The van der Waals surface area contributed by atoms with Crippen LogP contribution in [0.15, 0.2) is 73.8 Å². The first-order valence-corrected chi connectivity index (χ1v) is 11.2. The van der Waals surface area contributed by atoms with Gasteiger partial charge < -0.3 is 15.5 Å². The van der Waals surface area contributed by atoms with E-state index in [1.807, 2.05) is 0 Å². The van der Waals surface area contributed by atoms with Crippen LogP contribution in [0.5, 0.6) is 11.5 Å². The van der Waals surface area contributed by atoms with Crippen LogP contribution in [0.2, 0.25) is 0 Å². The summed E-state index contributed by atoms with van der Waals surface area (Å²) in [6, 6.07) is 11.7. The highest BCUT2D eigenvalue weighted by atomic mass is 16.3. The maximum absolute atomic E-state index is 13.4. The van der Waals surface area contributed by atoms with Crippen molar-refractivity contribution in [1.82, 2.24) is 0 Å². The quantitative estimate of drug-likeness (QED) is 0.192. The van der Waals surface area contributed by atoms with Crippen LogP contribution < -0.4 is 32.0 Å². The zero-order valence-corrected chi connectivity index (χ0v) is 18.4.